The lowest BCUT2D eigenvalue weighted by Crippen LogP contribution is -2.52. The molecule has 0 spiro atoms. The minimum Gasteiger partial charge on any atom is -0.395 e. The fraction of sp³-hybridized carbons (Fsp3) is 0.933. The molecule has 19 heavy (non-hydrogen) atoms. The monoisotopic (exact) mass is 272 g/mol. The first kappa shape index (κ1) is 18.4. The molecule has 0 radical (unpaired) electrons. The summed E-state index contributed by atoms with van der Waals surface area (Å²) in [5.74, 6) is 0.0706. The number of nitrogens with zero attached hydrogens (tertiary/aromatic N) is 1. The van der Waals surface area contributed by atoms with E-state index in [1.807, 2.05) is 13.8 Å². The van der Waals surface area contributed by atoms with Crippen LogP contribution in [0.5, 0.6) is 0 Å². The highest BCUT2D eigenvalue weighted by molar-refractivity contribution is 5.81. The first-order chi connectivity index (χ1) is 9.01. The second-order valence-corrected chi connectivity index (χ2v) is 5.31. The van der Waals surface area contributed by atoms with Gasteiger partial charge in [-0.1, -0.05) is 27.2 Å². The highest BCUT2D eigenvalue weighted by Gasteiger charge is 2.26. The molecule has 0 heterocycles. The Kier molecular flexibility index (Phi) is 9.88. The lowest BCUT2D eigenvalue weighted by molar-refractivity contribution is -0.127. The van der Waals surface area contributed by atoms with Crippen LogP contribution in [-0.2, 0) is 4.79 Å². The Morgan fingerprint density at radius 3 is 2.21 bits per heavy atom. The molecule has 0 aromatic rings. The molecule has 0 rings (SSSR count). The average Bonchev–Trinajstić information content (AvgIpc) is 2.38. The van der Waals surface area contributed by atoms with Crippen LogP contribution in [0.15, 0.2) is 0 Å². The van der Waals surface area contributed by atoms with Crippen molar-refractivity contribution >= 4 is 5.91 Å². The number of carbonyl (C=O) groups is 1. The topological polar surface area (TPSA) is 52.6 Å². The molecule has 0 saturated heterocycles. The molecule has 2 atom stereocenters. The van der Waals surface area contributed by atoms with Crippen molar-refractivity contribution in [1.29, 1.82) is 0 Å². The maximum atomic E-state index is 12.2. The van der Waals surface area contributed by atoms with Crippen LogP contribution in [0.1, 0.15) is 60.3 Å². The van der Waals surface area contributed by atoms with E-state index in [9.17, 15) is 9.90 Å². The minimum absolute atomic E-state index is 0.0706. The van der Waals surface area contributed by atoms with Gasteiger partial charge in [0.25, 0.3) is 0 Å². The molecule has 0 aliphatic carbocycles. The summed E-state index contributed by atoms with van der Waals surface area (Å²) in [4.78, 5) is 14.4. The molecule has 0 aromatic heterocycles. The van der Waals surface area contributed by atoms with Crippen molar-refractivity contribution in [3.63, 3.8) is 0 Å². The van der Waals surface area contributed by atoms with Gasteiger partial charge in [0.2, 0.25) is 5.91 Å². The summed E-state index contributed by atoms with van der Waals surface area (Å²) in [7, 11) is 0. The van der Waals surface area contributed by atoms with E-state index in [1.165, 1.54) is 0 Å². The third-order valence-electron chi connectivity index (χ3n) is 3.76. The molecule has 0 aliphatic rings. The van der Waals surface area contributed by atoms with Gasteiger partial charge >= 0.3 is 0 Å². The van der Waals surface area contributed by atoms with Crippen LogP contribution in [-0.4, -0.2) is 47.2 Å². The molecule has 0 bridgehead atoms. The number of rotatable bonds is 10. The molecule has 0 aliphatic heterocycles. The molecule has 0 fully saturated rings. The van der Waals surface area contributed by atoms with E-state index in [0.717, 1.165) is 25.7 Å². The SMILES string of the molecule is CCCC(C)NC(=O)C(C)N(CCO)C(CC)CC. The quantitative estimate of drug-likeness (QED) is 0.641. The maximum absolute atomic E-state index is 12.2. The zero-order valence-corrected chi connectivity index (χ0v) is 13.3. The highest BCUT2D eigenvalue weighted by atomic mass is 16.3. The van der Waals surface area contributed by atoms with E-state index >= 15 is 0 Å². The first-order valence-corrected chi connectivity index (χ1v) is 7.68. The first-order valence-electron chi connectivity index (χ1n) is 7.68. The third-order valence-corrected chi connectivity index (χ3v) is 3.76. The van der Waals surface area contributed by atoms with Crippen molar-refractivity contribution in [3.05, 3.63) is 0 Å². The minimum atomic E-state index is -0.184. The zero-order valence-electron chi connectivity index (χ0n) is 13.3. The summed E-state index contributed by atoms with van der Waals surface area (Å²) < 4.78 is 0. The Bertz CT molecular complexity index is 242. The molecule has 4 heteroatoms. The van der Waals surface area contributed by atoms with Gasteiger partial charge in [0.15, 0.2) is 0 Å². The normalized spacial score (nSPS) is 14.7. The predicted octanol–water partition coefficient (Wildman–Crippen LogP) is 2.16. The van der Waals surface area contributed by atoms with Crippen LogP contribution in [0.3, 0.4) is 0 Å². The van der Waals surface area contributed by atoms with Gasteiger partial charge in [-0.05, 0) is 33.1 Å². The number of hydrogen-bond donors (Lipinski definition) is 2. The Labute approximate surface area is 118 Å². The molecule has 4 nitrogen and oxygen atoms in total. The van der Waals surface area contributed by atoms with Gasteiger partial charge in [0.1, 0.15) is 0 Å². The van der Waals surface area contributed by atoms with E-state index in [4.69, 9.17) is 0 Å². The van der Waals surface area contributed by atoms with Crippen LogP contribution in [0.4, 0.5) is 0 Å². The second-order valence-electron chi connectivity index (χ2n) is 5.31. The van der Waals surface area contributed by atoms with Crippen LogP contribution in [0.25, 0.3) is 0 Å². The van der Waals surface area contributed by atoms with Crippen LogP contribution in [0, 0.1) is 0 Å². The van der Waals surface area contributed by atoms with Crippen molar-refractivity contribution in [2.24, 2.45) is 0 Å². The summed E-state index contributed by atoms with van der Waals surface area (Å²) in [6.07, 6.45) is 4.07. The van der Waals surface area contributed by atoms with Crippen molar-refractivity contribution in [1.82, 2.24) is 10.2 Å². The van der Waals surface area contributed by atoms with Crippen LogP contribution >= 0.6 is 0 Å². The molecule has 1 amide bonds. The van der Waals surface area contributed by atoms with Gasteiger partial charge in [0, 0.05) is 18.6 Å². The summed E-state index contributed by atoms with van der Waals surface area (Å²) >= 11 is 0. The number of carbonyl (C=O) groups excluding carboxylic acids is 1. The number of hydrogen-bond acceptors (Lipinski definition) is 3. The summed E-state index contributed by atoms with van der Waals surface area (Å²) in [6.45, 7) is 11.0. The van der Waals surface area contributed by atoms with Gasteiger partial charge in [-0.25, -0.2) is 0 Å². The highest BCUT2D eigenvalue weighted by Crippen LogP contribution is 2.13. The standard InChI is InChI=1S/C15H32N2O2/c1-6-9-12(4)16-15(19)13(5)17(10-11-18)14(7-2)8-3/h12-14,18H,6-11H2,1-5H3,(H,16,19). The van der Waals surface area contributed by atoms with E-state index in [0.29, 0.717) is 12.6 Å². The van der Waals surface area contributed by atoms with Crippen LogP contribution in [0.2, 0.25) is 0 Å². The lowest BCUT2D eigenvalue weighted by atomic mass is 10.1. The fourth-order valence-electron chi connectivity index (χ4n) is 2.58. The molecular weight excluding hydrogens is 240 g/mol. The smallest absolute Gasteiger partial charge is 0.237 e. The molecule has 114 valence electrons. The zero-order chi connectivity index (χ0) is 14.8. The summed E-state index contributed by atoms with van der Waals surface area (Å²) in [5.41, 5.74) is 0. The maximum Gasteiger partial charge on any atom is 0.237 e. The molecule has 2 N–H and O–H groups in total. The van der Waals surface area contributed by atoms with E-state index in [-0.39, 0.29) is 24.6 Å². The van der Waals surface area contributed by atoms with Crippen molar-refractivity contribution in [2.45, 2.75) is 78.4 Å². The largest absolute Gasteiger partial charge is 0.395 e. The Balaban J connectivity index is 4.60. The fourth-order valence-corrected chi connectivity index (χ4v) is 2.58. The van der Waals surface area contributed by atoms with Crippen LogP contribution < -0.4 is 5.32 Å². The molecular formula is C15H32N2O2. The Morgan fingerprint density at radius 1 is 1.21 bits per heavy atom. The van der Waals surface area contributed by atoms with Gasteiger partial charge in [-0.15, -0.1) is 0 Å². The number of aliphatic hydroxyl groups excluding tert-OH is 1. The molecule has 0 saturated carbocycles. The summed E-state index contributed by atoms with van der Waals surface area (Å²) in [6, 6.07) is 0.392. The average molecular weight is 272 g/mol. The number of amides is 1. The van der Waals surface area contributed by atoms with Crippen molar-refractivity contribution in [3.8, 4) is 0 Å². The third kappa shape index (κ3) is 6.39. The van der Waals surface area contributed by atoms with Crippen molar-refractivity contribution in [2.75, 3.05) is 13.2 Å². The second kappa shape index (κ2) is 10.2. The number of nitrogens with one attached hydrogen (secondary N) is 1. The van der Waals surface area contributed by atoms with Gasteiger partial charge < -0.3 is 10.4 Å². The van der Waals surface area contributed by atoms with E-state index < -0.39 is 0 Å². The van der Waals surface area contributed by atoms with Crippen molar-refractivity contribution < 1.29 is 9.90 Å². The van der Waals surface area contributed by atoms with Gasteiger partial charge in [-0.2, -0.15) is 0 Å². The lowest BCUT2D eigenvalue weighted by Gasteiger charge is -2.35. The van der Waals surface area contributed by atoms with Gasteiger partial charge in [-0.3, -0.25) is 9.69 Å². The molecule has 0 aromatic carbocycles. The van der Waals surface area contributed by atoms with E-state index in [2.05, 4.69) is 31.0 Å². The molecule has 2 unspecified atom stereocenters. The van der Waals surface area contributed by atoms with E-state index in [1.54, 1.807) is 0 Å². The predicted molar refractivity (Wildman–Crippen MR) is 80.1 cm³/mol. The number of aliphatic hydroxyl groups is 1. The van der Waals surface area contributed by atoms with Gasteiger partial charge in [0.05, 0.1) is 12.6 Å². The summed E-state index contributed by atoms with van der Waals surface area (Å²) in [5, 5.41) is 12.3. The Hall–Kier alpha value is -0.610. The Morgan fingerprint density at radius 2 is 1.79 bits per heavy atom.